The molecule has 0 aliphatic carbocycles. The number of primary amides is 1. The van der Waals surface area contributed by atoms with Gasteiger partial charge in [0.05, 0.1) is 16.1 Å². The highest BCUT2D eigenvalue weighted by atomic mass is 35.5. The van der Waals surface area contributed by atoms with Crippen molar-refractivity contribution in [2.24, 2.45) is 5.73 Å². The highest BCUT2D eigenvalue weighted by Gasteiger charge is 2.36. The van der Waals surface area contributed by atoms with Crippen LogP contribution in [0.2, 0.25) is 5.02 Å². The van der Waals surface area contributed by atoms with Crippen LogP contribution in [0.4, 0.5) is 4.39 Å². The molecule has 1 heterocycles. The van der Waals surface area contributed by atoms with E-state index in [9.17, 15) is 27.5 Å². The molecule has 2 aromatic carbocycles. The molecule has 3 aromatic rings. The lowest BCUT2D eigenvalue weighted by Gasteiger charge is -2.26. The largest absolute Gasteiger partial charge is 0.434 e. The zero-order valence-corrected chi connectivity index (χ0v) is 21.7. The number of benzene rings is 2. The van der Waals surface area contributed by atoms with Gasteiger partial charge in [-0.2, -0.15) is 4.72 Å². The van der Waals surface area contributed by atoms with Gasteiger partial charge in [0.25, 0.3) is 0 Å². The summed E-state index contributed by atoms with van der Waals surface area (Å²) in [5.74, 6) is -3.91. The number of aryl methyl sites for hydroxylation is 1. The van der Waals surface area contributed by atoms with Crippen LogP contribution in [0.25, 0.3) is 0 Å². The van der Waals surface area contributed by atoms with E-state index in [-0.39, 0.29) is 22.0 Å². The first-order chi connectivity index (χ1) is 16.5. The van der Waals surface area contributed by atoms with Crippen LogP contribution >= 0.6 is 11.6 Å². The molecule has 1 amide bonds. The molecule has 0 aliphatic rings. The van der Waals surface area contributed by atoms with Crippen molar-refractivity contribution in [3.8, 4) is 0 Å². The lowest BCUT2D eigenvalue weighted by atomic mass is 9.88. The highest BCUT2D eigenvalue weighted by molar-refractivity contribution is 7.89. The van der Waals surface area contributed by atoms with Crippen LogP contribution in [0, 0.1) is 19.7 Å². The maximum atomic E-state index is 14.9. The van der Waals surface area contributed by atoms with E-state index in [2.05, 4.69) is 14.9 Å². The number of carbonyl (C=O) groups excluding carboxylic acids is 1. The van der Waals surface area contributed by atoms with Crippen molar-refractivity contribution >= 4 is 27.5 Å². The summed E-state index contributed by atoms with van der Waals surface area (Å²) in [6.07, 6.45) is 0. The van der Waals surface area contributed by atoms with Crippen molar-refractivity contribution in [1.29, 1.82) is 0 Å². The first-order valence-electron chi connectivity index (χ1n) is 10.7. The van der Waals surface area contributed by atoms with Gasteiger partial charge in [0.1, 0.15) is 11.9 Å². The molecule has 3 rings (SSSR count). The van der Waals surface area contributed by atoms with Crippen LogP contribution in [-0.2, 0) is 15.6 Å². The summed E-state index contributed by atoms with van der Waals surface area (Å²) in [7, 11) is -4.62. The monoisotopic (exact) mass is 540 g/mol. The molecule has 0 saturated carbocycles. The number of H-pyrrole nitrogens is 1. The fraction of sp³-hybridized carbons (Fsp3) is 0.348. The standard InChI is InChI=1S/C23H26ClFN4O6S/c1-10-6-7-16(25)18(11(10)2)12(3)19(21-27-28-22(31)35-21)29-36(33,34)17-9-14(23(4,5)32)15(24)8-13(17)20(26)30/h6-9,12,19,29,32H,1-5H3,(H2,26,30)(H,28,31). The van der Waals surface area contributed by atoms with Crippen LogP contribution in [-0.4, -0.2) is 29.6 Å². The van der Waals surface area contributed by atoms with Gasteiger partial charge in [0, 0.05) is 16.5 Å². The Balaban J connectivity index is 2.22. The maximum Gasteiger partial charge on any atom is 0.434 e. The number of carbonyl (C=O) groups is 1. The number of nitrogens with two attached hydrogens (primary N) is 1. The topological polar surface area (TPSA) is 168 Å². The Labute approximate surface area is 211 Å². The number of halogens is 2. The maximum absolute atomic E-state index is 14.9. The molecule has 194 valence electrons. The van der Waals surface area contributed by atoms with E-state index in [1.54, 1.807) is 19.9 Å². The van der Waals surface area contributed by atoms with Crippen LogP contribution < -0.4 is 16.2 Å². The predicted octanol–water partition coefficient (Wildman–Crippen LogP) is 2.92. The van der Waals surface area contributed by atoms with Crippen molar-refractivity contribution in [3.63, 3.8) is 0 Å². The highest BCUT2D eigenvalue weighted by Crippen LogP contribution is 2.37. The van der Waals surface area contributed by atoms with Crippen LogP contribution in [0.3, 0.4) is 0 Å². The molecule has 1 aromatic heterocycles. The molecule has 0 spiro atoms. The molecule has 10 nitrogen and oxygen atoms in total. The van der Waals surface area contributed by atoms with Crippen LogP contribution in [0.1, 0.15) is 71.2 Å². The lowest BCUT2D eigenvalue weighted by Crippen LogP contribution is -2.34. The van der Waals surface area contributed by atoms with E-state index in [0.29, 0.717) is 5.56 Å². The second kappa shape index (κ2) is 9.77. The molecular formula is C23H26ClFN4O6S. The first-order valence-corrected chi connectivity index (χ1v) is 12.6. The van der Waals surface area contributed by atoms with E-state index in [1.807, 2.05) is 0 Å². The van der Waals surface area contributed by atoms with Crippen LogP contribution in [0.5, 0.6) is 0 Å². The second-order valence-electron chi connectivity index (χ2n) is 8.99. The number of aliphatic hydroxyl groups is 1. The van der Waals surface area contributed by atoms with Crippen molar-refractivity contribution in [3.05, 3.63) is 79.4 Å². The molecule has 0 radical (unpaired) electrons. The van der Waals surface area contributed by atoms with Crippen molar-refractivity contribution in [1.82, 2.24) is 14.9 Å². The fourth-order valence-electron chi connectivity index (χ4n) is 3.94. The number of aromatic nitrogens is 2. The Kier molecular flexibility index (Phi) is 7.47. The smallest absolute Gasteiger partial charge is 0.391 e. The minimum atomic E-state index is -4.62. The van der Waals surface area contributed by atoms with E-state index in [4.69, 9.17) is 21.8 Å². The third-order valence-electron chi connectivity index (χ3n) is 5.97. The van der Waals surface area contributed by atoms with Crippen molar-refractivity contribution < 1.29 is 27.1 Å². The number of hydrogen-bond donors (Lipinski definition) is 4. The van der Waals surface area contributed by atoms with E-state index >= 15 is 0 Å². The summed E-state index contributed by atoms with van der Waals surface area (Å²) >= 11 is 6.18. The number of amides is 1. The molecule has 0 bridgehead atoms. The number of rotatable bonds is 8. The minimum absolute atomic E-state index is 0.0195. The zero-order chi connectivity index (χ0) is 27.2. The summed E-state index contributed by atoms with van der Waals surface area (Å²) in [5, 5.41) is 16.2. The summed E-state index contributed by atoms with van der Waals surface area (Å²) < 4.78 is 49.5. The second-order valence-corrected chi connectivity index (χ2v) is 11.1. The molecule has 5 N–H and O–H groups in total. The number of aromatic amines is 1. The quantitative estimate of drug-likeness (QED) is 0.340. The van der Waals surface area contributed by atoms with Crippen molar-refractivity contribution in [2.75, 3.05) is 0 Å². The number of nitrogens with zero attached hydrogens (tertiary/aromatic N) is 1. The van der Waals surface area contributed by atoms with Gasteiger partial charge in [-0.15, -0.1) is 5.10 Å². The zero-order valence-electron chi connectivity index (χ0n) is 20.1. The third-order valence-corrected chi connectivity index (χ3v) is 7.77. The molecule has 2 unspecified atom stereocenters. The van der Waals surface area contributed by atoms with Crippen molar-refractivity contribution in [2.45, 2.75) is 57.1 Å². The van der Waals surface area contributed by atoms with Gasteiger partial charge in [-0.25, -0.2) is 22.7 Å². The molecular weight excluding hydrogens is 515 g/mol. The minimum Gasteiger partial charge on any atom is -0.391 e. The number of hydrogen-bond acceptors (Lipinski definition) is 7. The van der Waals surface area contributed by atoms with E-state index < -0.39 is 55.5 Å². The Morgan fingerprint density at radius 3 is 2.47 bits per heavy atom. The Bertz CT molecular complexity index is 1490. The SMILES string of the molecule is Cc1ccc(F)c(C(C)C(NS(=O)(=O)c2cc(C(C)(C)O)c(Cl)cc2C(N)=O)c2n[nH]c(=O)o2)c1C. The summed E-state index contributed by atoms with van der Waals surface area (Å²) in [6.45, 7) is 7.75. The first kappa shape index (κ1) is 27.5. The Morgan fingerprint density at radius 1 is 1.31 bits per heavy atom. The molecule has 0 fully saturated rings. The van der Waals surface area contributed by atoms with Gasteiger partial charge in [0.2, 0.25) is 21.8 Å². The fourth-order valence-corrected chi connectivity index (χ4v) is 5.82. The van der Waals surface area contributed by atoms with Gasteiger partial charge in [-0.05, 0) is 62.6 Å². The number of sulfonamides is 1. The van der Waals surface area contributed by atoms with Crippen LogP contribution in [0.15, 0.2) is 38.4 Å². The molecule has 0 aliphatic heterocycles. The third kappa shape index (κ3) is 5.36. The molecule has 13 heteroatoms. The van der Waals surface area contributed by atoms with E-state index in [1.165, 1.54) is 26.8 Å². The van der Waals surface area contributed by atoms with Gasteiger partial charge in [0.15, 0.2) is 0 Å². The summed E-state index contributed by atoms with van der Waals surface area (Å²) in [6, 6.07) is 3.53. The van der Waals surface area contributed by atoms with Gasteiger partial charge >= 0.3 is 5.76 Å². The number of nitrogens with one attached hydrogen (secondary N) is 2. The average Bonchev–Trinajstić information content (AvgIpc) is 3.19. The molecule has 2 atom stereocenters. The molecule has 0 saturated heterocycles. The van der Waals surface area contributed by atoms with Gasteiger partial charge in [-0.3, -0.25) is 4.79 Å². The van der Waals surface area contributed by atoms with E-state index in [0.717, 1.165) is 17.7 Å². The van der Waals surface area contributed by atoms with Gasteiger partial charge < -0.3 is 15.3 Å². The average molecular weight is 541 g/mol. The van der Waals surface area contributed by atoms with Gasteiger partial charge in [-0.1, -0.05) is 24.6 Å². The normalized spacial score (nSPS) is 14.0. The Hall–Kier alpha value is -3.06. The predicted molar refractivity (Wildman–Crippen MR) is 130 cm³/mol. The Morgan fingerprint density at radius 2 is 1.94 bits per heavy atom. The lowest BCUT2D eigenvalue weighted by molar-refractivity contribution is 0.0783. The molecule has 36 heavy (non-hydrogen) atoms. The summed E-state index contributed by atoms with van der Waals surface area (Å²) in [4.78, 5) is 23.2. The summed E-state index contributed by atoms with van der Waals surface area (Å²) in [5.41, 5.74) is 4.93.